The number of benzene rings is 8. The van der Waals surface area contributed by atoms with Gasteiger partial charge in [0, 0.05) is 37.3 Å². The van der Waals surface area contributed by atoms with Gasteiger partial charge in [-0.1, -0.05) is 163 Å². The van der Waals surface area contributed by atoms with E-state index in [0.29, 0.717) is 17.5 Å². The Labute approximate surface area is 333 Å². The lowest BCUT2D eigenvalue weighted by molar-refractivity contribution is 0.669. The Morgan fingerprint density at radius 1 is 0.351 bits per heavy atom. The molecule has 0 amide bonds. The maximum absolute atomic E-state index is 6.30. The lowest BCUT2D eigenvalue weighted by atomic mass is 9.67. The van der Waals surface area contributed by atoms with Crippen LogP contribution in [0.4, 0.5) is 0 Å². The van der Waals surface area contributed by atoms with Gasteiger partial charge in [-0.2, -0.15) is 0 Å². The first kappa shape index (κ1) is 32.2. The minimum absolute atomic E-state index is 0.467. The molecule has 57 heavy (non-hydrogen) atoms. The molecule has 2 aliphatic rings. The van der Waals surface area contributed by atoms with E-state index in [1.54, 1.807) is 0 Å². The van der Waals surface area contributed by atoms with Crippen molar-refractivity contribution in [3.05, 3.63) is 210 Å². The number of para-hydroxylation sites is 1. The summed E-state index contributed by atoms with van der Waals surface area (Å²) in [6.07, 6.45) is 0. The Hall–Kier alpha value is -7.08. The molecule has 0 radical (unpaired) electrons. The second-order valence-corrected chi connectivity index (χ2v) is 15.8. The van der Waals surface area contributed by atoms with E-state index in [2.05, 4.69) is 133 Å². The van der Waals surface area contributed by atoms with E-state index in [0.717, 1.165) is 49.8 Å². The molecule has 12 rings (SSSR count). The zero-order valence-corrected chi connectivity index (χ0v) is 31.4. The summed E-state index contributed by atoms with van der Waals surface area (Å²) in [5.41, 5.74) is 13.9. The molecule has 0 fully saturated rings. The fraction of sp³-hybridized carbons (Fsp3) is 0.0192. The fourth-order valence-electron chi connectivity index (χ4n) is 9.16. The van der Waals surface area contributed by atoms with Gasteiger partial charge >= 0.3 is 0 Å². The minimum Gasteiger partial charge on any atom is -0.456 e. The summed E-state index contributed by atoms with van der Waals surface area (Å²) in [5, 5.41) is 2.16. The standard InChI is InChI=1S/C52H31N3OS/c1-2-14-32(15-3-1)49-53-50(34-26-28-39-38-19-8-12-24-45(38)56-46(39)31-34)55-51(54-49)40-20-5-4-16-35(40)33-27-29-48-44(30-33)52(43-23-11-13-25-47(43)57-48)41-21-9-6-17-36(41)37-18-7-10-22-42(37)52/h1-31H. The quantitative estimate of drug-likeness (QED) is 0.180. The maximum Gasteiger partial charge on any atom is 0.164 e. The molecule has 0 atom stereocenters. The third-order valence-electron chi connectivity index (χ3n) is 11.6. The molecule has 2 aromatic heterocycles. The summed E-state index contributed by atoms with van der Waals surface area (Å²) in [4.78, 5) is 18.0. The molecule has 0 unspecified atom stereocenters. The van der Waals surface area contributed by atoms with E-state index in [1.807, 2.05) is 66.4 Å². The van der Waals surface area contributed by atoms with Crippen molar-refractivity contribution < 1.29 is 4.42 Å². The summed E-state index contributed by atoms with van der Waals surface area (Å²) in [6.45, 7) is 0. The molecule has 1 aliphatic carbocycles. The molecular weight excluding hydrogens is 715 g/mol. The zero-order valence-electron chi connectivity index (χ0n) is 30.6. The molecule has 10 aromatic rings. The van der Waals surface area contributed by atoms with Crippen LogP contribution < -0.4 is 0 Å². The molecule has 8 aromatic carbocycles. The topological polar surface area (TPSA) is 51.8 Å². The van der Waals surface area contributed by atoms with E-state index in [-0.39, 0.29) is 0 Å². The van der Waals surface area contributed by atoms with Crippen molar-refractivity contribution in [1.82, 2.24) is 15.0 Å². The number of fused-ring (bicyclic) bond motifs is 12. The second-order valence-electron chi connectivity index (χ2n) is 14.7. The van der Waals surface area contributed by atoms with E-state index < -0.39 is 5.41 Å². The first-order chi connectivity index (χ1) is 28.2. The monoisotopic (exact) mass is 745 g/mol. The van der Waals surface area contributed by atoms with Gasteiger partial charge in [-0.25, -0.2) is 15.0 Å². The Balaban J connectivity index is 1.07. The molecule has 266 valence electrons. The van der Waals surface area contributed by atoms with Gasteiger partial charge in [0.05, 0.1) is 5.41 Å². The predicted octanol–water partition coefficient (Wildman–Crippen LogP) is 13.3. The number of rotatable bonds is 4. The highest BCUT2D eigenvalue weighted by molar-refractivity contribution is 7.99. The highest BCUT2D eigenvalue weighted by atomic mass is 32.2. The molecule has 3 heterocycles. The van der Waals surface area contributed by atoms with Crippen molar-refractivity contribution in [1.29, 1.82) is 0 Å². The number of furan rings is 1. The molecule has 1 spiro atoms. The molecule has 5 heteroatoms. The van der Waals surface area contributed by atoms with Gasteiger partial charge in [-0.15, -0.1) is 0 Å². The van der Waals surface area contributed by atoms with Crippen molar-refractivity contribution in [2.75, 3.05) is 0 Å². The van der Waals surface area contributed by atoms with Crippen molar-refractivity contribution in [3.8, 4) is 56.4 Å². The van der Waals surface area contributed by atoms with Crippen LogP contribution in [0.25, 0.3) is 78.4 Å². The smallest absolute Gasteiger partial charge is 0.164 e. The second kappa shape index (κ2) is 12.5. The number of hydrogen-bond donors (Lipinski definition) is 0. The Morgan fingerprint density at radius 3 is 1.70 bits per heavy atom. The van der Waals surface area contributed by atoms with Crippen LogP contribution in [0.3, 0.4) is 0 Å². The van der Waals surface area contributed by atoms with Crippen LogP contribution in [0.15, 0.2) is 202 Å². The summed E-state index contributed by atoms with van der Waals surface area (Å²) in [6, 6.07) is 66.8. The third kappa shape index (κ3) is 4.79. The minimum atomic E-state index is -0.467. The molecule has 0 saturated heterocycles. The van der Waals surface area contributed by atoms with Crippen LogP contribution in [-0.2, 0) is 5.41 Å². The summed E-state index contributed by atoms with van der Waals surface area (Å²) >= 11 is 1.86. The molecule has 1 aliphatic heterocycles. The van der Waals surface area contributed by atoms with E-state index in [4.69, 9.17) is 19.4 Å². The fourth-order valence-corrected chi connectivity index (χ4v) is 10.3. The highest BCUT2D eigenvalue weighted by Gasteiger charge is 2.50. The van der Waals surface area contributed by atoms with Crippen LogP contribution >= 0.6 is 11.8 Å². The van der Waals surface area contributed by atoms with Gasteiger partial charge < -0.3 is 4.42 Å². The number of hydrogen-bond acceptors (Lipinski definition) is 5. The molecular formula is C52H31N3OS. The third-order valence-corrected chi connectivity index (χ3v) is 12.8. The molecule has 4 nitrogen and oxygen atoms in total. The Morgan fingerprint density at radius 2 is 0.912 bits per heavy atom. The van der Waals surface area contributed by atoms with Crippen LogP contribution in [0, 0.1) is 0 Å². The zero-order chi connectivity index (χ0) is 37.5. The van der Waals surface area contributed by atoms with Gasteiger partial charge in [0.15, 0.2) is 17.5 Å². The van der Waals surface area contributed by atoms with Crippen molar-refractivity contribution in [2.45, 2.75) is 15.2 Å². The molecule has 0 bridgehead atoms. The van der Waals surface area contributed by atoms with Gasteiger partial charge in [0.2, 0.25) is 0 Å². The Bertz CT molecular complexity index is 3200. The Kier molecular flexibility index (Phi) is 7.04. The maximum atomic E-state index is 6.30. The van der Waals surface area contributed by atoms with Crippen LogP contribution in [0.1, 0.15) is 22.3 Å². The molecule has 0 saturated carbocycles. The average Bonchev–Trinajstić information content (AvgIpc) is 3.80. The van der Waals surface area contributed by atoms with Crippen molar-refractivity contribution in [2.24, 2.45) is 0 Å². The largest absolute Gasteiger partial charge is 0.456 e. The van der Waals surface area contributed by atoms with E-state index in [1.165, 1.54) is 43.2 Å². The number of aromatic nitrogens is 3. The summed E-state index contributed by atoms with van der Waals surface area (Å²) in [5.74, 6) is 1.82. The van der Waals surface area contributed by atoms with Gasteiger partial charge in [0.1, 0.15) is 11.2 Å². The average molecular weight is 746 g/mol. The van der Waals surface area contributed by atoms with Gasteiger partial charge in [0.25, 0.3) is 0 Å². The van der Waals surface area contributed by atoms with Gasteiger partial charge in [-0.05, 0) is 80.9 Å². The lowest BCUT2D eigenvalue weighted by Crippen LogP contribution is -2.32. The first-order valence-electron chi connectivity index (χ1n) is 19.2. The predicted molar refractivity (Wildman–Crippen MR) is 230 cm³/mol. The van der Waals surface area contributed by atoms with Crippen LogP contribution in [0.5, 0.6) is 0 Å². The van der Waals surface area contributed by atoms with Crippen molar-refractivity contribution >= 4 is 33.7 Å². The van der Waals surface area contributed by atoms with Gasteiger partial charge in [-0.3, -0.25) is 0 Å². The van der Waals surface area contributed by atoms with Crippen molar-refractivity contribution in [3.63, 3.8) is 0 Å². The van der Waals surface area contributed by atoms with Crippen LogP contribution in [-0.4, -0.2) is 15.0 Å². The lowest BCUT2D eigenvalue weighted by Gasteiger charge is -2.40. The SMILES string of the molecule is c1ccc(-c2nc(-c3ccc4c(c3)oc3ccccc34)nc(-c3ccccc3-c3ccc4c(c3)C3(c5ccccc5S4)c4ccccc4-c4ccccc43)n2)cc1. The number of nitrogens with zero attached hydrogens (tertiary/aromatic N) is 3. The van der Waals surface area contributed by atoms with Crippen LogP contribution in [0.2, 0.25) is 0 Å². The molecule has 0 N–H and O–H groups in total. The normalized spacial score (nSPS) is 13.3. The highest BCUT2D eigenvalue weighted by Crippen LogP contribution is 2.62. The summed E-state index contributed by atoms with van der Waals surface area (Å²) in [7, 11) is 0. The van der Waals surface area contributed by atoms with E-state index in [9.17, 15) is 0 Å². The van der Waals surface area contributed by atoms with E-state index >= 15 is 0 Å². The summed E-state index contributed by atoms with van der Waals surface area (Å²) < 4.78 is 6.30. The first-order valence-corrected chi connectivity index (χ1v) is 20.0.